The number of rotatable bonds is 11. The highest BCUT2D eigenvalue weighted by Crippen LogP contribution is 2.49. The SMILES string of the molecule is Cc1cc(N2CC(CO)(CC3CC3C#Cc3ccc(C)c(-c4noc(CC5CCCCO5)n4)c3)C2)ccc1/C(C=NCC1OCC(C)(C)O1)=N/N. The molecule has 2 aromatic carbocycles. The van der Waals surface area contributed by atoms with E-state index in [-0.39, 0.29) is 30.0 Å². The maximum absolute atomic E-state index is 10.5. The highest BCUT2D eigenvalue weighted by atomic mass is 16.7. The van der Waals surface area contributed by atoms with E-state index < -0.39 is 0 Å². The van der Waals surface area contributed by atoms with Gasteiger partial charge in [0.25, 0.3) is 0 Å². The molecule has 1 aromatic heterocycles. The number of aryl methyl sites for hydroxylation is 2. The van der Waals surface area contributed by atoms with E-state index in [0.717, 1.165) is 78.9 Å². The molecule has 4 aliphatic rings. The maximum Gasteiger partial charge on any atom is 0.229 e. The standard InChI is InChI=1S/C40H50N6O5/c1-26-8-9-28(16-34(26)38-43-36(51-45-38)18-32-7-5-6-14-48-32)10-11-29-17-30(29)19-40(24-47)22-46(23-40)31-12-13-33(27(2)15-31)35(44-41)20-42-21-37-49-25-39(3,4)50-37/h8-9,12-13,15-16,20,29-30,32,37,47H,5-7,14,17-19,21-25,41H2,1-4H3/b42-20?,44-35+. The minimum atomic E-state index is -0.360. The van der Waals surface area contributed by atoms with E-state index in [1.807, 2.05) is 19.9 Å². The summed E-state index contributed by atoms with van der Waals surface area (Å²) in [6, 6.07) is 12.5. The molecule has 3 aliphatic heterocycles. The van der Waals surface area contributed by atoms with E-state index in [1.54, 1.807) is 6.21 Å². The van der Waals surface area contributed by atoms with Crippen molar-refractivity contribution in [3.63, 3.8) is 0 Å². The Labute approximate surface area is 300 Å². The second-order valence-corrected chi connectivity index (χ2v) is 15.4. The first-order chi connectivity index (χ1) is 24.6. The zero-order chi connectivity index (χ0) is 35.6. The molecule has 4 heterocycles. The lowest BCUT2D eigenvalue weighted by molar-refractivity contribution is -0.0702. The number of aromatic nitrogens is 2. The Morgan fingerprint density at radius 1 is 1.12 bits per heavy atom. The Morgan fingerprint density at radius 2 is 1.98 bits per heavy atom. The third-order valence-electron chi connectivity index (χ3n) is 10.6. The number of aliphatic imine (C=N–C) groups is 1. The molecular weight excluding hydrogens is 644 g/mol. The van der Waals surface area contributed by atoms with Crippen molar-refractivity contribution >= 4 is 17.6 Å². The van der Waals surface area contributed by atoms with Gasteiger partial charge in [-0.05, 0) is 101 Å². The van der Waals surface area contributed by atoms with E-state index in [0.29, 0.717) is 48.8 Å². The van der Waals surface area contributed by atoms with Gasteiger partial charge in [0.05, 0.1) is 37.9 Å². The first kappa shape index (κ1) is 35.3. The van der Waals surface area contributed by atoms with Crippen molar-refractivity contribution < 1.29 is 23.8 Å². The number of anilines is 1. The van der Waals surface area contributed by atoms with Crippen LogP contribution in [-0.2, 0) is 20.6 Å². The van der Waals surface area contributed by atoms with Gasteiger partial charge in [-0.2, -0.15) is 10.1 Å². The van der Waals surface area contributed by atoms with Crippen LogP contribution in [0.15, 0.2) is 51.0 Å². The number of aliphatic hydroxyl groups is 1. The van der Waals surface area contributed by atoms with Gasteiger partial charge in [-0.25, -0.2) is 0 Å². The van der Waals surface area contributed by atoms with Gasteiger partial charge >= 0.3 is 0 Å². The Balaban J connectivity index is 0.915. The van der Waals surface area contributed by atoms with Crippen LogP contribution in [0.5, 0.6) is 0 Å². The van der Waals surface area contributed by atoms with Crippen molar-refractivity contribution in [2.24, 2.45) is 33.2 Å². The number of aliphatic hydroxyl groups excluding tert-OH is 1. The van der Waals surface area contributed by atoms with Crippen LogP contribution in [0.3, 0.4) is 0 Å². The lowest BCUT2D eigenvalue weighted by Crippen LogP contribution is -2.58. The molecule has 0 amide bonds. The van der Waals surface area contributed by atoms with Gasteiger partial charge in [-0.15, -0.1) is 0 Å². The molecule has 7 rings (SSSR count). The van der Waals surface area contributed by atoms with E-state index in [1.165, 1.54) is 6.42 Å². The zero-order valence-electron chi connectivity index (χ0n) is 30.2. The highest BCUT2D eigenvalue weighted by Gasteiger charge is 2.49. The molecule has 11 heteroatoms. The Kier molecular flexibility index (Phi) is 10.3. The topological polar surface area (TPSA) is 141 Å². The molecule has 3 aromatic rings. The normalized spacial score (nSPS) is 25.4. The summed E-state index contributed by atoms with van der Waals surface area (Å²) in [6.07, 6.45) is 7.51. The average Bonchev–Trinajstić information content (AvgIpc) is 3.50. The van der Waals surface area contributed by atoms with Crippen LogP contribution in [0, 0.1) is 42.9 Å². The molecule has 3 N–H and O–H groups in total. The minimum absolute atomic E-state index is 0.112. The van der Waals surface area contributed by atoms with Crippen LogP contribution >= 0.6 is 0 Å². The molecule has 0 bridgehead atoms. The molecular formula is C40H50N6O5. The summed E-state index contributed by atoms with van der Waals surface area (Å²) < 4.78 is 22.9. The van der Waals surface area contributed by atoms with E-state index in [4.69, 9.17) is 24.6 Å². The second kappa shape index (κ2) is 14.9. The summed E-state index contributed by atoms with van der Waals surface area (Å²) in [6.45, 7) is 11.7. The number of nitrogens with two attached hydrogens (primary N) is 1. The molecule has 11 nitrogen and oxygen atoms in total. The van der Waals surface area contributed by atoms with Crippen LogP contribution < -0.4 is 10.7 Å². The van der Waals surface area contributed by atoms with Crippen molar-refractivity contribution in [1.82, 2.24) is 10.1 Å². The van der Waals surface area contributed by atoms with Gasteiger partial charge in [0.1, 0.15) is 5.71 Å². The molecule has 4 fully saturated rings. The number of hydrogen-bond donors (Lipinski definition) is 2. The monoisotopic (exact) mass is 694 g/mol. The summed E-state index contributed by atoms with van der Waals surface area (Å²) in [5.41, 5.74) is 6.30. The van der Waals surface area contributed by atoms with Gasteiger partial charge in [0.15, 0.2) is 6.29 Å². The summed E-state index contributed by atoms with van der Waals surface area (Å²) in [4.78, 5) is 11.5. The summed E-state index contributed by atoms with van der Waals surface area (Å²) >= 11 is 0. The highest BCUT2D eigenvalue weighted by molar-refractivity contribution is 6.38. The van der Waals surface area contributed by atoms with Gasteiger partial charge in [0.2, 0.25) is 11.7 Å². The van der Waals surface area contributed by atoms with Crippen LogP contribution in [-0.4, -0.2) is 84.6 Å². The molecule has 0 spiro atoms. The van der Waals surface area contributed by atoms with Gasteiger partial charge < -0.3 is 34.6 Å². The van der Waals surface area contributed by atoms with Crippen molar-refractivity contribution in [3.05, 3.63) is 64.5 Å². The first-order valence-corrected chi connectivity index (χ1v) is 18.2. The van der Waals surface area contributed by atoms with Crippen LogP contribution in [0.4, 0.5) is 5.69 Å². The number of hydrazone groups is 1. The Hall–Kier alpha value is -4.08. The Morgan fingerprint density at radius 3 is 2.71 bits per heavy atom. The number of hydrogen-bond acceptors (Lipinski definition) is 11. The number of nitrogens with zero attached hydrogens (tertiary/aromatic N) is 5. The largest absolute Gasteiger partial charge is 0.396 e. The second-order valence-electron chi connectivity index (χ2n) is 15.4. The van der Waals surface area contributed by atoms with Gasteiger partial charge in [0, 0.05) is 59.6 Å². The van der Waals surface area contributed by atoms with Crippen LogP contribution in [0.1, 0.15) is 74.1 Å². The molecule has 4 atom stereocenters. The first-order valence-electron chi connectivity index (χ1n) is 18.2. The van der Waals surface area contributed by atoms with E-state index >= 15 is 0 Å². The molecule has 3 saturated heterocycles. The summed E-state index contributed by atoms with van der Waals surface area (Å²) in [5, 5.41) is 18.7. The third kappa shape index (κ3) is 8.36. The lowest BCUT2D eigenvalue weighted by atomic mass is 9.75. The fourth-order valence-corrected chi connectivity index (χ4v) is 7.51. The van der Waals surface area contributed by atoms with Crippen molar-refractivity contribution in [3.8, 4) is 23.2 Å². The predicted molar refractivity (Wildman–Crippen MR) is 197 cm³/mol. The predicted octanol–water partition coefficient (Wildman–Crippen LogP) is 5.23. The zero-order valence-corrected chi connectivity index (χ0v) is 30.2. The minimum Gasteiger partial charge on any atom is -0.396 e. The molecule has 51 heavy (non-hydrogen) atoms. The van der Waals surface area contributed by atoms with Crippen molar-refractivity contribution in [2.45, 2.75) is 84.2 Å². The number of benzene rings is 2. The van der Waals surface area contributed by atoms with Crippen LogP contribution in [0.25, 0.3) is 11.4 Å². The van der Waals surface area contributed by atoms with E-state index in [9.17, 15) is 5.11 Å². The molecule has 4 unspecified atom stereocenters. The van der Waals surface area contributed by atoms with Gasteiger partial charge in [-0.3, -0.25) is 4.99 Å². The quantitative estimate of drug-likeness (QED) is 0.120. The number of ether oxygens (including phenoxy) is 3. The molecule has 0 radical (unpaired) electrons. The fraction of sp³-hybridized carbons (Fsp3) is 0.550. The van der Waals surface area contributed by atoms with Gasteiger partial charge in [-0.1, -0.05) is 29.1 Å². The Bertz CT molecular complexity index is 1830. The van der Waals surface area contributed by atoms with Crippen molar-refractivity contribution in [1.29, 1.82) is 0 Å². The average molecular weight is 695 g/mol. The smallest absolute Gasteiger partial charge is 0.229 e. The van der Waals surface area contributed by atoms with Crippen LogP contribution in [0.2, 0.25) is 0 Å². The molecule has 1 aliphatic carbocycles. The third-order valence-corrected chi connectivity index (χ3v) is 10.6. The lowest BCUT2D eigenvalue weighted by Gasteiger charge is -2.51. The summed E-state index contributed by atoms with van der Waals surface area (Å²) in [7, 11) is 0. The summed E-state index contributed by atoms with van der Waals surface area (Å²) in [5.74, 6) is 14.7. The maximum atomic E-state index is 10.5. The molecule has 1 saturated carbocycles. The fourth-order valence-electron chi connectivity index (χ4n) is 7.51. The van der Waals surface area contributed by atoms with E-state index in [2.05, 4.69) is 81.2 Å². The van der Waals surface area contributed by atoms with Crippen molar-refractivity contribution in [2.75, 3.05) is 44.4 Å². The molecule has 270 valence electrons.